The number of esters is 1. The van der Waals surface area contributed by atoms with Crippen molar-refractivity contribution in [1.82, 2.24) is 10.2 Å². The highest BCUT2D eigenvalue weighted by Crippen LogP contribution is 2.51. The number of nitrogens with one attached hydrogen (secondary N) is 1. The van der Waals surface area contributed by atoms with Crippen LogP contribution in [0.3, 0.4) is 0 Å². The zero-order valence-corrected chi connectivity index (χ0v) is 48.4. The minimum absolute atomic E-state index is 0.0587. The fourth-order valence-corrected chi connectivity index (χ4v) is 9.62. The maximum Gasteiger partial charge on any atom is 0.494 e. The lowest BCUT2D eigenvalue weighted by Crippen LogP contribution is -2.50. The molecule has 2 saturated carbocycles. The molecule has 402 valence electrons. The first-order valence-corrected chi connectivity index (χ1v) is 27.4. The van der Waals surface area contributed by atoms with Gasteiger partial charge in [0.05, 0.1) is 29.7 Å². The van der Waals surface area contributed by atoms with E-state index in [0.717, 1.165) is 57.0 Å². The Hall–Kier alpha value is -3.10. The molecule has 0 bridgehead atoms. The second kappa shape index (κ2) is 23.9. The number of hydrogen-bond donors (Lipinski definition) is 3. The second-order valence-electron chi connectivity index (χ2n) is 21.9. The van der Waals surface area contributed by atoms with Gasteiger partial charge in [0, 0.05) is 14.5 Å². The van der Waals surface area contributed by atoms with Crippen molar-refractivity contribution in [2.75, 3.05) is 13.3 Å². The van der Waals surface area contributed by atoms with Crippen LogP contribution in [-0.4, -0.2) is 92.5 Å². The number of aliphatic hydroxyl groups excluding tert-OH is 1. The molecule has 11 nitrogen and oxygen atoms in total. The molecule has 4 aromatic carbocycles. The SMILES string of the molecule is CC(C)(C)OC(=O)CC1(c2ccc(B3OC(C)(C)C(C)(C)O3)cc2)CC1.CC1(C)OC(c2ccc(I)cc2)[C@@H](CF)N1C(=O)C(Cl)Cl.NC1(c2ccc(-c3ccc([C@@H](O)[C@@H](CF)NC(=O)C(Cl)Cl)cc3)cc2)CC1. The standard InChI is InChI=1S/C21H31BO4.C20H21Cl2FN2O2.C14H15Cl2FINO2/c1-18(2,3)24-17(23)14-21(12-13-21)15-8-10-16(11-9-15)22-25-19(4,5)20(6,7)26-22;21-18(22)19(27)25-16(11-23)17(26)14-3-1-12(2-4-14)13-5-7-15(8-6-13)20(24)9-10-20;1-14(2)19(13(20)12(15)16)10(7-17)11(21-14)8-3-5-9(18)6-4-8/h8-11H,12-14H2,1-7H3;1-8,16-18,26H,9-11,24H2,(H,25,27);3-6,10-12H,7H2,1-2H3/t;16-,17-;10-,11?/m.11/s1. The van der Waals surface area contributed by atoms with Crippen molar-refractivity contribution in [3.63, 3.8) is 0 Å². The third-order valence-electron chi connectivity index (χ3n) is 14.2. The molecule has 8 rings (SSSR count). The molecule has 4 aliphatic rings. The average molecular weight is 1220 g/mol. The van der Waals surface area contributed by atoms with Gasteiger partial charge in [0.2, 0.25) is 0 Å². The summed E-state index contributed by atoms with van der Waals surface area (Å²) in [4.78, 5) is 34.7. The fourth-order valence-electron chi connectivity index (χ4n) is 8.92. The van der Waals surface area contributed by atoms with E-state index in [1.54, 1.807) is 26.0 Å². The van der Waals surface area contributed by atoms with Gasteiger partial charge in [-0.1, -0.05) is 131 Å². The van der Waals surface area contributed by atoms with Gasteiger partial charge in [-0.25, -0.2) is 8.78 Å². The number of halogens is 7. The number of rotatable bonds is 14. The Balaban J connectivity index is 0.000000182. The molecule has 1 unspecified atom stereocenters. The number of benzene rings is 4. The van der Waals surface area contributed by atoms with Crippen molar-refractivity contribution in [3.8, 4) is 11.1 Å². The topological polar surface area (TPSA) is 150 Å². The van der Waals surface area contributed by atoms with Crippen molar-refractivity contribution in [3.05, 3.63) is 123 Å². The predicted octanol–water partition coefficient (Wildman–Crippen LogP) is 11.4. The normalized spacial score (nSPS) is 21.4. The maximum atomic E-state index is 13.6. The lowest BCUT2D eigenvalue weighted by molar-refractivity contribution is -0.155. The van der Waals surface area contributed by atoms with Crippen molar-refractivity contribution >= 4 is 99.4 Å². The summed E-state index contributed by atoms with van der Waals surface area (Å²) in [5, 5.41) is 12.6. The van der Waals surface area contributed by atoms with E-state index in [0.29, 0.717) is 12.0 Å². The number of nitrogens with two attached hydrogens (primary N) is 1. The van der Waals surface area contributed by atoms with Crippen LogP contribution in [0.5, 0.6) is 0 Å². The number of hydrogen-bond acceptors (Lipinski definition) is 9. The molecule has 19 heteroatoms. The summed E-state index contributed by atoms with van der Waals surface area (Å²) in [6.45, 7) is 15.7. The number of carbonyl (C=O) groups is 3. The maximum absolute atomic E-state index is 13.6. The number of aliphatic hydroxyl groups is 1. The Morgan fingerprint density at radius 1 is 0.797 bits per heavy atom. The summed E-state index contributed by atoms with van der Waals surface area (Å²) in [5.74, 6) is -1.41. The van der Waals surface area contributed by atoms with Crippen LogP contribution in [0.2, 0.25) is 0 Å². The number of carbonyl (C=O) groups excluding carboxylic acids is 3. The first kappa shape index (κ1) is 60.1. The number of ether oxygens (including phenoxy) is 2. The average Bonchev–Trinajstić information content (AvgIpc) is 4.25. The number of nitrogens with zero attached hydrogens (tertiary/aromatic N) is 1. The largest absolute Gasteiger partial charge is 0.494 e. The smallest absolute Gasteiger partial charge is 0.460 e. The molecular weight excluding hydrogens is 1150 g/mol. The van der Waals surface area contributed by atoms with Crippen LogP contribution in [0.25, 0.3) is 11.1 Å². The number of amides is 2. The first-order chi connectivity index (χ1) is 34.4. The van der Waals surface area contributed by atoms with Gasteiger partial charge in [-0.05, 0) is 162 Å². The van der Waals surface area contributed by atoms with Gasteiger partial charge in [-0.2, -0.15) is 0 Å². The molecule has 74 heavy (non-hydrogen) atoms. The monoisotopic (exact) mass is 1210 g/mol. The minimum atomic E-state index is -1.32. The summed E-state index contributed by atoms with van der Waals surface area (Å²) in [6, 6.07) is 29.2. The van der Waals surface area contributed by atoms with Gasteiger partial charge in [-0.15, -0.1) is 0 Å². The van der Waals surface area contributed by atoms with Crippen molar-refractivity contribution in [2.24, 2.45) is 5.73 Å². The highest BCUT2D eigenvalue weighted by atomic mass is 127. The molecular formula is C55H67BCl4F2IN3O8. The molecule has 0 radical (unpaired) electrons. The van der Waals surface area contributed by atoms with E-state index in [1.165, 1.54) is 10.5 Å². The zero-order chi connectivity index (χ0) is 54.8. The third kappa shape index (κ3) is 14.7. The first-order valence-electron chi connectivity index (χ1n) is 24.6. The van der Waals surface area contributed by atoms with Gasteiger partial charge < -0.3 is 39.8 Å². The Kier molecular flexibility index (Phi) is 19.4. The fraction of sp³-hybridized carbons (Fsp3) is 0.509. The molecule has 2 heterocycles. The van der Waals surface area contributed by atoms with Gasteiger partial charge in [-0.3, -0.25) is 14.4 Å². The molecule has 2 saturated heterocycles. The Morgan fingerprint density at radius 3 is 1.76 bits per heavy atom. The summed E-state index contributed by atoms with van der Waals surface area (Å²) in [7, 11) is -0.352. The lowest BCUT2D eigenvalue weighted by atomic mass is 9.77. The highest BCUT2D eigenvalue weighted by Gasteiger charge is 2.53. The predicted molar refractivity (Wildman–Crippen MR) is 298 cm³/mol. The van der Waals surface area contributed by atoms with E-state index in [-0.39, 0.29) is 35.2 Å². The van der Waals surface area contributed by atoms with Crippen LogP contribution in [0.1, 0.15) is 129 Å². The van der Waals surface area contributed by atoms with Gasteiger partial charge in [0.25, 0.3) is 11.8 Å². The Bertz CT molecular complexity index is 2550. The van der Waals surface area contributed by atoms with Gasteiger partial charge in [0.1, 0.15) is 36.9 Å². The summed E-state index contributed by atoms with van der Waals surface area (Å²) < 4.78 is 51.5. The summed E-state index contributed by atoms with van der Waals surface area (Å²) in [6.07, 6.45) is 2.77. The highest BCUT2D eigenvalue weighted by molar-refractivity contribution is 14.1. The van der Waals surface area contributed by atoms with Crippen LogP contribution in [0, 0.1) is 3.57 Å². The molecule has 2 aliphatic heterocycles. The molecule has 0 spiro atoms. The third-order valence-corrected chi connectivity index (χ3v) is 15.7. The molecule has 2 amide bonds. The van der Waals surface area contributed by atoms with E-state index in [9.17, 15) is 28.3 Å². The molecule has 4 aromatic rings. The van der Waals surface area contributed by atoms with Crippen LogP contribution in [0.15, 0.2) is 97.1 Å². The molecule has 4 fully saturated rings. The Morgan fingerprint density at radius 2 is 1.31 bits per heavy atom. The molecule has 4 N–H and O–H groups in total. The molecule has 0 aromatic heterocycles. The van der Waals surface area contributed by atoms with Gasteiger partial charge in [0.15, 0.2) is 9.67 Å². The minimum Gasteiger partial charge on any atom is -0.460 e. The summed E-state index contributed by atoms with van der Waals surface area (Å²) >= 11 is 24.4. The molecule has 4 atom stereocenters. The Labute approximate surface area is 468 Å². The van der Waals surface area contributed by atoms with Crippen LogP contribution in [-0.2, 0) is 44.1 Å². The van der Waals surface area contributed by atoms with Crippen molar-refractivity contribution in [2.45, 2.75) is 162 Å². The number of alkyl halides is 6. The lowest BCUT2D eigenvalue weighted by Gasteiger charge is -2.33. The van der Waals surface area contributed by atoms with E-state index in [1.807, 2.05) is 81.4 Å². The van der Waals surface area contributed by atoms with Crippen molar-refractivity contribution < 1.29 is 47.1 Å². The van der Waals surface area contributed by atoms with E-state index in [2.05, 4.69) is 79.9 Å². The van der Waals surface area contributed by atoms with Gasteiger partial charge >= 0.3 is 13.1 Å². The van der Waals surface area contributed by atoms with Crippen LogP contribution >= 0.6 is 69.0 Å². The van der Waals surface area contributed by atoms with E-state index < -0.39 is 70.5 Å². The summed E-state index contributed by atoms with van der Waals surface area (Å²) in [5.41, 5.74) is 10.5. The zero-order valence-electron chi connectivity index (χ0n) is 43.2. The second-order valence-corrected chi connectivity index (χ2v) is 25.3. The quantitative estimate of drug-likeness (QED) is 0.0485. The van der Waals surface area contributed by atoms with E-state index in [4.69, 9.17) is 70.9 Å². The van der Waals surface area contributed by atoms with Crippen molar-refractivity contribution in [1.29, 1.82) is 0 Å². The molecule has 2 aliphatic carbocycles. The van der Waals surface area contributed by atoms with E-state index >= 15 is 0 Å². The van der Waals surface area contributed by atoms with Crippen LogP contribution in [0.4, 0.5) is 8.78 Å². The van der Waals surface area contributed by atoms with Crippen LogP contribution < -0.4 is 16.5 Å².